The van der Waals surface area contributed by atoms with E-state index in [4.69, 9.17) is 14.2 Å². The van der Waals surface area contributed by atoms with E-state index >= 15 is 0 Å². The van der Waals surface area contributed by atoms with Gasteiger partial charge in [-0.2, -0.15) is 0 Å². The van der Waals surface area contributed by atoms with Crippen LogP contribution >= 0.6 is 0 Å². The summed E-state index contributed by atoms with van der Waals surface area (Å²) in [7, 11) is 0. The van der Waals surface area contributed by atoms with E-state index in [1.807, 2.05) is 31.2 Å². The van der Waals surface area contributed by atoms with Gasteiger partial charge in [-0.15, -0.1) is 0 Å². The standard InChI is InChI=1S/C14H20O4/c1-3-16-9-12-6-5-7-13(8-12)10-17-11-14(15)18-4-2/h5-8H,3-4,9-11H2,1-2H3. The van der Waals surface area contributed by atoms with Gasteiger partial charge in [-0.1, -0.05) is 24.3 Å². The maximum Gasteiger partial charge on any atom is 0.332 e. The highest BCUT2D eigenvalue weighted by Gasteiger charge is 2.02. The fourth-order valence-electron chi connectivity index (χ4n) is 1.48. The van der Waals surface area contributed by atoms with E-state index in [1.165, 1.54) is 0 Å². The molecule has 0 N–H and O–H groups in total. The fourth-order valence-corrected chi connectivity index (χ4v) is 1.48. The summed E-state index contributed by atoms with van der Waals surface area (Å²) in [4.78, 5) is 11.1. The number of ether oxygens (including phenoxy) is 3. The molecule has 0 heterocycles. The normalized spacial score (nSPS) is 10.3. The summed E-state index contributed by atoms with van der Waals surface area (Å²) in [6.07, 6.45) is 0. The molecule has 0 radical (unpaired) electrons. The second kappa shape index (κ2) is 8.66. The van der Waals surface area contributed by atoms with Crippen LogP contribution in [0.15, 0.2) is 24.3 Å². The second-order valence-electron chi connectivity index (χ2n) is 3.75. The third-order valence-corrected chi connectivity index (χ3v) is 2.26. The molecule has 100 valence electrons. The molecular weight excluding hydrogens is 232 g/mol. The number of esters is 1. The molecule has 0 saturated heterocycles. The molecule has 0 aromatic heterocycles. The molecule has 0 unspecified atom stereocenters. The Kier molecular flexibility index (Phi) is 7.06. The molecule has 4 nitrogen and oxygen atoms in total. The first-order valence-corrected chi connectivity index (χ1v) is 6.15. The summed E-state index contributed by atoms with van der Waals surface area (Å²) < 4.78 is 15.4. The molecule has 0 aliphatic rings. The molecule has 0 spiro atoms. The van der Waals surface area contributed by atoms with Gasteiger partial charge in [0.15, 0.2) is 0 Å². The average molecular weight is 252 g/mol. The van der Waals surface area contributed by atoms with Gasteiger partial charge >= 0.3 is 5.97 Å². The maximum atomic E-state index is 11.1. The minimum absolute atomic E-state index is 0.0104. The molecule has 0 aliphatic heterocycles. The van der Waals surface area contributed by atoms with Crippen LogP contribution in [-0.2, 0) is 32.2 Å². The zero-order valence-electron chi connectivity index (χ0n) is 11.0. The first-order valence-electron chi connectivity index (χ1n) is 6.15. The number of benzene rings is 1. The lowest BCUT2D eigenvalue weighted by atomic mass is 10.1. The highest BCUT2D eigenvalue weighted by atomic mass is 16.6. The molecular formula is C14H20O4. The fraction of sp³-hybridized carbons (Fsp3) is 0.500. The largest absolute Gasteiger partial charge is 0.464 e. The van der Waals surface area contributed by atoms with Gasteiger partial charge in [0.25, 0.3) is 0 Å². The van der Waals surface area contributed by atoms with Crippen LogP contribution in [0.4, 0.5) is 0 Å². The summed E-state index contributed by atoms with van der Waals surface area (Å²) in [5.41, 5.74) is 2.13. The number of hydrogen-bond donors (Lipinski definition) is 0. The van der Waals surface area contributed by atoms with Crippen LogP contribution in [0.3, 0.4) is 0 Å². The van der Waals surface area contributed by atoms with Gasteiger partial charge < -0.3 is 14.2 Å². The Morgan fingerprint density at radius 2 is 1.72 bits per heavy atom. The van der Waals surface area contributed by atoms with Crippen LogP contribution in [0.5, 0.6) is 0 Å². The molecule has 0 aliphatic carbocycles. The molecule has 0 atom stereocenters. The summed E-state index contributed by atoms with van der Waals surface area (Å²) in [6, 6.07) is 7.93. The van der Waals surface area contributed by atoms with Gasteiger partial charge in [-0.05, 0) is 25.0 Å². The molecule has 0 bridgehead atoms. The van der Waals surface area contributed by atoms with Crippen molar-refractivity contribution in [2.24, 2.45) is 0 Å². The maximum absolute atomic E-state index is 11.1. The number of carbonyl (C=O) groups is 1. The van der Waals surface area contributed by atoms with Crippen molar-refractivity contribution >= 4 is 5.97 Å². The van der Waals surface area contributed by atoms with Crippen LogP contribution in [0.2, 0.25) is 0 Å². The molecule has 18 heavy (non-hydrogen) atoms. The van der Waals surface area contributed by atoms with E-state index in [2.05, 4.69) is 0 Å². The Bertz CT molecular complexity index is 363. The van der Waals surface area contributed by atoms with E-state index in [9.17, 15) is 4.79 Å². The molecule has 1 rings (SSSR count). The SMILES string of the molecule is CCOCc1cccc(COCC(=O)OCC)c1. The van der Waals surface area contributed by atoms with E-state index < -0.39 is 0 Å². The number of rotatable bonds is 8. The van der Waals surface area contributed by atoms with Crippen LogP contribution in [-0.4, -0.2) is 25.8 Å². The molecule has 1 aromatic carbocycles. The lowest BCUT2D eigenvalue weighted by molar-refractivity contribution is -0.148. The molecule has 1 aromatic rings. The highest BCUT2D eigenvalue weighted by molar-refractivity contribution is 5.70. The zero-order chi connectivity index (χ0) is 13.2. The average Bonchev–Trinajstić information content (AvgIpc) is 2.37. The van der Waals surface area contributed by atoms with Crippen LogP contribution < -0.4 is 0 Å². The van der Waals surface area contributed by atoms with Crippen molar-refractivity contribution in [3.05, 3.63) is 35.4 Å². The van der Waals surface area contributed by atoms with E-state index in [0.717, 1.165) is 11.1 Å². The second-order valence-corrected chi connectivity index (χ2v) is 3.75. The minimum Gasteiger partial charge on any atom is -0.464 e. The van der Waals surface area contributed by atoms with Crippen molar-refractivity contribution in [1.29, 1.82) is 0 Å². The van der Waals surface area contributed by atoms with E-state index in [0.29, 0.717) is 26.4 Å². The number of carbonyl (C=O) groups excluding carboxylic acids is 1. The van der Waals surface area contributed by atoms with Crippen LogP contribution in [0, 0.1) is 0 Å². The van der Waals surface area contributed by atoms with Crippen molar-refractivity contribution in [2.75, 3.05) is 19.8 Å². The van der Waals surface area contributed by atoms with Crippen molar-refractivity contribution in [2.45, 2.75) is 27.1 Å². The van der Waals surface area contributed by atoms with E-state index in [1.54, 1.807) is 6.92 Å². The molecule has 4 heteroatoms. The predicted octanol–water partition coefficient (Wildman–Crippen LogP) is 2.30. The lowest BCUT2D eigenvalue weighted by Crippen LogP contribution is -2.12. The van der Waals surface area contributed by atoms with Gasteiger partial charge in [0, 0.05) is 6.61 Å². The molecule has 0 amide bonds. The van der Waals surface area contributed by atoms with Gasteiger partial charge in [0.1, 0.15) is 6.61 Å². The smallest absolute Gasteiger partial charge is 0.332 e. The first kappa shape index (κ1) is 14.7. The Morgan fingerprint density at radius 1 is 1.06 bits per heavy atom. The van der Waals surface area contributed by atoms with Crippen molar-refractivity contribution < 1.29 is 19.0 Å². The lowest BCUT2D eigenvalue weighted by Gasteiger charge is -2.06. The molecule has 0 saturated carbocycles. The quantitative estimate of drug-likeness (QED) is 0.666. The third-order valence-electron chi connectivity index (χ3n) is 2.26. The Hall–Kier alpha value is -1.39. The Balaban J connectivity index is 2.35. The van der Waals surface area contributed by atoms with Gasteiger partial charge in [0.05, 0.1) is 19.8 Å². The topological polar surface area (TPSA) is 44.8 Å². The summed E-state index contributed by atoms with van der Waals surface area (Å²) in [6.45, 7) is 5.81. The van der Waals surface area contributed by atoms with Crippen molar-refractivity contribution in [1.82, 2.24) is 0 Å². The van der Waals surface area contributed by atoms with Gasteiger partial charge in [-0.25, -0.2) is 4.79 Å². The number of hydrogen-bond acceptors (Lipinski definition) is 4. The summed E-state index contributed by atoms with van der Waals surface area (Å²) in [5.74, 6) is -0.331. The monoisotopic (exact) mass is 252 g/mol. The van der Waals surface area contributed by atoms with Gasteiger partial charge in [0.2, 0.25) is 0 Å². The van der Waals surface area contributed by atoms with Crippen molar-refractivity contribution in [3.63, 3.8) is 0 Å². The predicted molar refractivity (Wildman–Crippen MR) is 68.1 cm³/mol. The van der Waals surface area contributed by atoms with Crippen LogP contribution in [0.25, 0.3) is 0 Å². The Morgan fingerprint density at radius 3 is 2.33 bits per heavy atom. The molecule has 0 fully saturated rings. The summed E-state index contributed by atoms with van der Waals surface area (Å²) in [5, 5.41) is 0. The van der Waals surface area contributed by atoms with Crippen molar-refractivity contribution in [3.8, 4) is 0 Å². The summed E-state index contributed by atoms with van der Waals surface area (Å²) >= 11 is 0. The Labute approximate surface area is 108 Å². The van der Waals surface area contributed by atoms with Gasteiger partial charge in [-0.3, -0.25) is 0 Å². The first-order chi connectivity index (χ1) is 8.76. The minimum atomic E-state index is -0.331. The third kappa shape index (κ3) is 5.80. The zero-order valence-corrected chi connectivity index (χ0v) is 11.0. The van der Waals surface area contributed by atoms with Crippen LogP contribution in [0.1, 0.15) is 25.0 Å². The van der Waals surface area contributed by atoms with E-state index in [-0.39, 0.29) is 12.6 Å². The highest BCUT2D eigenvalue weighted by Crippen LogP contribution is 2.08.